The first-order valence-electron chi connectivity index (χ1n) is 6.07. The van der Waals surface area contributed by atoms with Gasteiger partial charge in [-0.05, 0) is 18.4 Å². The van der Waals surface area contributed by atoms with E-state index in [9.17, 15) is 4.79 Å². The van der Waals surface area contributed by atoms with Crippen LogP contribution in [-0.4, -0.2) is 29.1 Å². The summed E-state index contributed by atoms with van der Waals surface area (Å²) in [5, 5.41) is 8.77. The van der Waals surface area contributed by atoms with Gasteiger partial charge in [0.05, 0.1) is 12.6 Å². The smallest absolute Gasteiger partial charge is 0.250 e. The van der Waals surface area contributed by atoms with Crippen molar-refractivity contribution in [2.45, 2.75) is 18.9 Å². The molecule has 4 heteroatoms. The van der Waals surface area contributed by atoms with Crippen LogP contribution in [0.15, 0.2) is 23.0 Å². The molecule has 0 aliphatic carbocycles. The highest BCUT2D eigenvalue weighted by Gasteiger charge is 2.34. The molecule has 0 N–H and O–H groups in total. The van der Waals surface area contributed by atoms with E-state index in [0.29, 0.717) is 18.4 Å². The first-order valence-corrected chi connectivity index (χ1v) is 6.07. The van der Waals surface area contributed by atoms with E-state index in [1.165, 1.54) is 0 Å². The molecule has 1 fully saturated rings. The number of nitriles is 1. The number of hydrogen-bond acceptors (Lipinski definition) is 3. The van der Waals surface area contributed by atoms with Crippen molar-refractivity contribution in [3.63, 3.8) is 0 Å². The van der Waals surface area contributed by atoms with Gasteiger partial charge in [0.1, 0.15) is 0 Å². The zero-order chi connectivity index (χ0) is 11.8. The third-order valence-corrected chi connectivity index (χ3v) is 3.85. The monoisotopic (exact) mass is 229 g/mol. The van der Waals surface area contributed by atoms with E-state index in [4.69, 9.17) is 5.26 Å². The predicted octanol–water partition coefficient (Wildman–Crippen LogP) is 0.791. The van der Waals surface area contributed by atoms with Gasteiger partial charge in [0, 0.05) is 37.3 Å². The van der Waals surface area contributed by atoms with Crippen molar-refractivity contribution in [3.05, 3.63) is 34.2 Å². The first kappa shape index (κ1) is 10.5. The zero-order valence-corrected chi connectivity index (χ0v) is 9.67. The van der Waals surface area contributed by atoms with Crippen LogP contribution >= 0.6 is 0 Å². The van der Waals surface area contributed by atoms with E-state index in [0.717, 1.165) is 31.7 Å². The Morgan fingerprint density at radius 3 is 3.06 bits per heavy atom. The molecule has 1 aromatic rings. The van der Waals surface area contributed by atoms with Gasteiger partial charge in [-0.25, -0.2) is 0 Å². The van der Waals surface area contributed by atoms with Crippen LogP contribution in [0.5, 0.6) is 0 Å². The second-order valence-electron chi connectivity index (χ2n) is 5.05. The van der Waals surface area contributed by atoms with Crippen molar-refractivity contribution < 1.29 is 0 Å². The van der Waals surface area contributed by atoms with E-state index >= 15 is 0 Å². The van der Waals surface area contributed by atoms with E-state index in [1.54, 1.807) is 6.07 Å². The molecule has 0 radical (unpaired) electrons. The van der Waals surface area contributed by atoms with Crippen LogP contribution in [0.1, 0.15) is 18.0 Å². The second kappa shape index (κ2) is 4.01. The van der Waals surface area contributed by atoms with Crippen molar-refractivity contribution in [2.24, 2.45) is 5.92 Å². The molecule has 4 nitrogen and oxygen atoms in total. The largest absolute Gasteiger partial charge is 0.312 e. The molecule has 1 aromatic heterocycles. The van der Waals surface area contributed by atoms with Crippen molar-refractivity contribution in [1.82, 2.24) is 9.47 Å². The first-order chi connectivity index (χ1) is 8.28. The number of hydrogen-bond donors (Lipinski definition) is 0. The summed E-state index contributed by atoms with van der Waals surface area (Å²) >= 11 is 0. The fourth-order valence-corrected chi connectivity index (χ4v) is 3.22. The van der Waals surface area contributed by atoms with Crippen LogP contribution < -0.4 is 5.56 Å². The Morgan fingerprint density at radius 1 is 1.35 bits per heavy atom. The molecule has 3 rings (SSSR count). The molecule has 0 unspecified atom stereocenters. The topological polar surface area (TPSA) is 49.0 Å². The van der Waals surface area contributed by atoms with E-state index in [2.05, 4.69) is 17.0 Å². The molecular formula is C13H15N3O. The number of nitrogens with zero attached hydrogens (tertiary/aromatic N) is 3. The zero-order valence-electron chi connectivity index (χ0n) is 9.67. The Balaban J connectivity index is 1.96. The molecule has 2 atom stereocenters. The van der Waals surface area contributed by atoms with E-state index < -0.39 is 0 Å². The van der Waals surface area contributed by atoms with Gasteiger partial charge in [0.25, 0.3) is 5.56 Å². The molecular weight excluding hydrogens is 214 g/mol. The minimum Gasteiger partial charge on any atom is -0.312 e. The minimum atomic E-state index is 0.117. The Kier molecular flexibility index (Phi) is 2.49. The maximum absolute atomic E-state index is 11.8. The molecule has 2 aliphatic heterocycles. The molecule has 0 saturated carbocycles. The van der Waals surface area contributed by atoms with Gasteiger partial charge >= 0.3 is 0 Å². The summed E-state index contributed by atoms with van der Waals surface area (Å²) in [5.74, 6) is 0.944. The highest BCUT2D eigenvalue weighted by Crippen LogP contribution is 2.34. The van der Waals surface area contributed by atoms with Gasteiger partial charge in [-0.3, -0.25) is 9.69 Å². The number of pyridine rings is 1. The number of rotatable bonds is 1. The fourth-order valence-electron chi connectivity index (χ4n) is 3.22. The lowest BCUT2D eigenvalue weighted by Gasteiger charge is -2.41. The molecule has 1 saturated heterocycles. The molecule has 0 spiro atoms. The number of aromatic nitrogens is 1. The predicted molar refractivity (Wildman–Crippen MR) is 63.6 cm³/mol. The van der Waals surface area contributed by atoms with Gasteiger partial charge in [-0.1, -0.05) is 6.07 Å². The van der Waals surface area contributed by atoms with Gasteiger partial charge in [0.15, 0.2) is 0 Å². The third-order valence-electron chi connectivity index (χ3n) is 3.85. The van der Waals surface area contributed by atoms with Crippen molar-refractivity contribution in [2.75, 3.05) is 19.6 Å². The van der Waals surface area contributed by atoms with Gasteiger partial charge in [0.2, 0.25) is 0 Å². The Morgan fingerprint density at radius 2 is 2.24 bits per heavy atom. The standard InChI is InChI=1S/C13H15N3O/c14-4-5-15-7-10-6-11(9-15)12-2-1-3-13(17)16(12)8-10/h1-3,10-11H,5-9H2/t10-,11-/m1/s1. The average Bonchev–Trinajstić information content (AvgIpc) is 2.31. The molecule has 88 valence electrons. The van der Waals surface area contributed by atoms with Crippen molar-refractivity contribution >= 4 is 0 Å². The summed E-state index contributed by atoms with van der Waals surface area (Å²) in [6.45, 7) is 3.18. The lowest BCUT2D eigenvalue weighted by molar-refractivity contribution is 0.133. The fraction of sp³-hybridized carbons (Fsp3) is 0.538. The molecule has 17 heavy (non-hydrogen) atoms. The van der Waals surface area contributed by atoms with Crippen LogP contribution in [0.4, 0.5) is 0 Å². The lowest BCUT2D eigenvalue weighted by Crippen LogP contribution is -2.47. The summed E-state index contributed by atoms with van der Waals surface area (Å²) in [6.07, 6.45) is 1.16. The van der Waals surface area contributed by atoms with Crippen molar-refractivity contribution in [1.29, 1.82) is 5.26 Å². The summed E-state index contributed by atoms with van der Waals surface area (Å²) in [4.78, 5) is 14.0. The normalized spacial score (nSPS) is 27.2. The lowest BCUT2D eigenvalue weighted by atomic mass is 9.83. The van der Waals surface area contributed by atoms with Crippen LogP contribution in [0.2, 0.25) is 0 Å². The quantitative estimate of drug-likeness (QED) is 0.669. The summed E-state index contributed by atoms with van der Waals surface area (Å²) in [6, 6.07) is 7.75. The molecule has 0 aromatic carbocycles. The summed E-state index contributed by atoms with van der Waals surface area (Å²) in [7, 11) is 0. The minimum absolute atomic E-state index is 0.117. The van der Waals surface area contributed by atoms with E-state index in [1.807, 2.05) is 10.6 Å². The highest BCUT2D eigenvalue weighted by atomic mass is 16.1. The second-order valence-corrected chi connectivity index (χ2v) is 5.05. The van der Waals surface area contributed by atoms with Gasteiger partial charge < -0.3 is 4.57 Å². The molecule has 0 amide bonds. The molecule has 3 heterocycles. The Labute approximate surface area is 100 Å². The highest BCUT2D eigenvalue weighted by molar-refractivity contribution is 5.17. The number of piperidine rings is 1. The number of fused-ring (bicyclic) bond motifs is 4. The maximum atomic E-state index is 11.8. The third kappa shape index (κ3) is 1.77. The van der Waals surface area contributed by atoms with Crippen LogP contribution in [0.3, 0.4) is 0 Å². The van der Waals surface area contributed by atoms with Crippen LogP contribution in [0, 0.1) is 17.2 Å². The SMILES string of the molecule is N#CCN1C[C@H]2C[C@H](C1)c1cccc(=O)n1C2. The molecule has 2 aliphatic rings. The molecule has 2 bridgehead atoms. The van der Waals surface area contributed by atoms with Crippen LogP contribution in [0.25, 0.3) is 0 Å². The Bertz CT molecular complexity index is 528. The van der Waals surface area contributed by atoms with Crippen LogP contribution in [-0.2, 0) is 6.54 Å². The summed E-state index contributed by atoms with van der Waals surface area (Å²) in [5.41, 5.74) is 1.27. The van der Waals surface area contributed by atoms with E-state index in [-0.39, 0.29) is 5.56 Å². The Hall–Kier alpha value is -1.60. The van der Waals surface area contributed by atoms with Crippen molar-refractivity contribution in [3.8, 4) is 6.07 Å². The summed E-state index contributed by atoms with van der Waals surface area (Å²) < 4.78 is 1.92. The van der Waals surface area contributed by atoms with Gasteiger partial charge in [-0.2, -0.15) is 5.26 Å². The van der Waals surface area contributed by atoms with Gasteiger partial charge in [-0.15, -0.1) is 0 Å². The average molecular weight is 229 g/mol. The number of likely N-dealkylation sites (tertiary alicyclic amines) is 1. The maximum Gasteiger partial charge on any atom is 0.250 e.